The minimum Gasteiger partial charge on any atom is -0.507 e. The summed E-state index contributed by atoms with van der Waals surface area (Å²) in [7, 11) is 1.52. The maximum Gasteiger partial charge on any atom is 0.295 e. The summed E-state index contributed by atoms with van der Waals surface area (Å²) >= 11 is 0. The van der Waals surface area contributed by atoms with E-state index in [-0.39, 0.29) is 24.5 Å². The number of aliphatic hydroxyl groups is 1. The standard InChI is InChI=1S/C22H22N2O5/c1-3-13-29-17-6-4-16(5-7-17)20(25)18-19(15-8-10-23-11-9-15)24(12-14-28-2)22(27)21(18)26/h3-11,19,25H,1,12-14H2,2H3/b20-18-. The molecule has 1 aliphatic rings. The number of ketones is 1. The summed E-state index contributed by atoms with van der Waals surface area (Å²) in [4.78, 5) is 30.8. The lowest BCUT2D eigenvalue weighted by molar-refractivity contribution is -0.140. The largest absolute Gasteiger partial charge is 0.507 e. The van der Waals surface area contributed by atoms with Crippen molar-refractivity contribution < 1.29 is 24.2 Å². The normalized spacial score (nSPS) is 18.1. The van der Waals surface area contributed by atoms with Crippen molar-refractivity contribution in [3.63, 3.8) is 0 Å². The summed E-state index contributed by atoms with van der Waals surface area (Å²) in [5.41, 5.74) is 1.14. The van der Waals surface area contributed by atoms with Gasteiger partial charge in [-0.2, -0.15) is 0 Å². The van der Waals surface area contributed by atoms with Gasteiger partial charge < -0.3 is 19.5 Å². The van der Waals surface area contributed by atoms with Gasteiger partial charge in [0.25, 0.3) is 11.7 Å². The molecular formula is C22H22N2O5. The van der Waals surface area contributed by atoms with Crippen LogP contribution in [-0.2, 0) is 14.3 Å². The zero-order chi connectivity index (χ0) is 20.8. The molecule has 1 amide bonds. The number of carbonyl (C=O) groups is 2. The molecule has 0 spiro atoms. The molecule has 0 aliphatic carbocycles. The van der Waals surface area contributed by atoms with E-state index in [0.717, 1.165) is 0 Å². The molecule has 1 saturated heterocycles. The number of likely N-dealkylation sites (tertiary alicyclic amines) is 1. The number of hydrogen-bond donors (Lipinski definition) is 1. The molecule has 1 fully saturated rings. The minimum atomic E-state index is -0.729. The molecule has 7 heteroatoms. The number of aromatic nitrogens is 1. The van der Waals surface area contributed by atoms with Gasteiger partial charge in [0.2, 0.25) is 0 Å². The van der Waals surface area contributed by atoms with Crippen LogP contribution in [-0.4, -0.2) is 53.5 Å². The van der Waals surface area contributed by atoms with Crippen LogP contribution in [0.2, 0.25) is 0 Å². The molecule has 3 rings (SSSR count). The number of nitrogens with zero attached hydrogens (tertiary/aromatic N) is 2. The van der Waals surface area contributed by atoms with Gasteiger partial charge >= 0.3 is 0 Å². The third-order valence-electron chi connectivity index (χ3n) is 4.59. The highest BCUT2D eigenvalue weighted by Crippen LogP contribution is 2.39. The van der Waals surface area contributed by atoms with Gasteiger partial charge in [-0.05, 0) is 42.0 Å². The second kappa shape index (κ2) is 9.16. The molecule has 1 unspecified atom stereocenters. The van der Waals surface area contributed by atoms with Crippen molar-refractivity contribution in [2.75, 3.05) is 26.9 Å². The number of rotatable bonds is 8. The van der Waals surface area contributed by atoms with Crippen molar-refractivity contribution in [1.82, 2.24) is 9.88 Å². The van der Waals surface area contributed by atoms with Crippen molar-refractivity contribution in [3.05, 3.63) is 78.1 Å². The summed E-state index contributed by atoms with van der Waals surface area (Å²) in [5, 5.41) is 10.9. The molecule has 0 bridgehead atoms. The Morgan fingerprint density at radius 2 is 1.90 bits per heavy atom. The van der Waals surface area contributed by atoms with Crippen LogP contribution >= 0.6 is 0 Å². The quantitative estimate of drug-likeness (QED) is 0.321. The number of aliphatic hydroxyl groups excluding tert-OH is 1. The molecule has 0 radical (unpaired) electrons. The van der Waals surface area contributed by atoms with Crippen LogP contribution in [0.15, 0.2) is 67.0 Å². The lowest BCUT2D eigenvalue weighted by atomic mass is 9.96. The van der Waals surface area contributed by atoms with Crippen LogP contribution in [0.5, 0.6) is 5.75 Å². The topological polar surface area (TPSA) is 89.0 Å². The van der Waals surface area contributed by atoms with Crippen molar-refractivity contribution in [1.29, 1.82) is 0 Å². The highest BCUT2D eigenvalue weighted by molar-refractivity contribution is 6.46. The summed E-state index contributed by atoms with van der Waals surface area (Å²) in [6, 6.07) is 9.36. The number of ether oxygens (including phenoxy) is 2. The Hall–Kier alpha value is -3.45. The molecule has 29 heavy (non-hydrogen) atoms. The number of hydrogen-bond acceptors (Lipinski definition) is 6. The first-order chi connectivity index (χ1) is 14.1. The highest BCUT2D eigenvalue weighted by Gasteiger charge is 2.45. The van der Waals surface area contributed by atoms with Crippen molar-refractivity contribution in [3.8, 4) is 5.75 Å². The Morgan fingerprint density at radius 3 is 2.52 bits per heavy atom. The average molecular weight is 394 g/mol. The third-order valence-corrected chi connectivity index (χ3v) is 4.59. The van der Waals surface area contributed by atoms with E-state index in [4.69, 9.17) is 9.47 Å². The van der Waals surface area contributed by atoms with Crippen LogP contribution in [0.1, 0.15) is 17.2 Å². The van der Waals surface area contributed by atoms with Crippen molar-refractivity contribution in [2.45, 2.75) is 6.04 Å². The Labute approximate surface area is 168 Å². The van der Waals surface area contributed by atoms with Gasteiger partial charge in [-0.25, -0.2) is 0 Å². The van der Waals surface area contributed by atoms with Crippen molar-refractivity contribution in [2.24, 2.45) is 0 Å². The highest BCUT2D eigenvalue weighted by atomic mass is 16.5. The van der Waals surface area contributed by atoms with Crippen LogP contribution in [0.3, 0.4) is 0 Å². The van der Waals surface area contributed by atoms with Gasteiger partial charge in [0, 0.05) is 31.6 Å². The van der Waals surface area contributed by atoms with E-state index in [1.165, 1.54) is 12.0 Å². The van der Waals surface area contributed by atoms with Crippen LogP contribution in [0.4, 0.5) is 0 Å². The molecule has 1 aromatic heterocycles. The van der Waals surface area contributed by atoms with Gasteiger partial charge in [-0.15, -0.1) is 0 Å². The van der Waals surface area contributed by atoms with E-state index < -0.39 is 17.7 Å². The first kappa shape index (κ1) is 20.3. The maximum atomic E-state index is 12.8. The van der Waals surface area contributed by atoms with Crippen LogP contribution in [0, 0.1) is 0 Å². The summed E-state index contributed by atoms with van der Waals surface area (Å²) in [6.07, 6.45) is 4.79. The number of methoxy groups -OCH3 is 1. The molecule has 1 N–H and O–H groups in total. The summed E-state index contributed by atoms with van der Waals surface area (Å²) < 4.78 is 10.5. The van der Waals surface area contributed by atoms with Crippen molar-refractivity contribution >= 4 is 17.4 Å². The average Bonchev–Trinajstić information content (AvgIpc) is 3.01. The van der Waals surface area contributed by atoms with Gasteiger partial charge in [0.15, 0.2) is 0 Å². The Balaban J connectivity index is 2.04. The number of benzene rings is 1. The zero-order valence-corrected chi connectivity index (χ0v) is 16.1. The van der Waals surface area contributed by atoms with E-state index in [1.54, 1.807) is 54.9 Å². The fraction of sp³-hybridized carbons (Fsp3) is 0.227. The molecule has 150 valence electrons. The number of amides is 1. The van der Waals surface area contributed by atoms with E-state index in [2.05, 4.69) is 11.6 Å². The smallest absolute Gasteiger partial charge is 0.295 e. The summed E-state index contributed by atoms with van der Waals surface area (Å²) in [5.74, 6) is -1.03. The predicted molar refractivity (Wildman–Crippen MR) is 107 cm³/mol. The Morgan fingerprint density at radius 1 is 1.21 bits per heavy atom. The molecule has 0 saturated carbocycles. The SMILES string of the molecule is C=CCOc1ccc(/C(O)=C2/C(=O)C(=O)N(CCOC)C2c2ccncc2)cc1. The molecule has 7 nitrogen and oxygen atoms in total. The minimum absolute atomic E-state index is 0.0389. The Bertz CT molecular complexity index is 922. The van der Waals surface area contributed by atoms with Gasteiger partial charge in [0.1, 0.15) is 18.1 Å². The fourth-order valence-corrected chi connectivity index (χ4v) is 3.21. The predicted octanol–water partition coefficient (Wildman–Crippen LogP) is 2.71. The zero-order valence-electron chi connectivity index (χ0n) is 16.1. The molecule has 2 aromatic rings. The van der Waals surface area contributed by atoms with Crippen LogP contribution in [0.25, 0.3) is 5.76 Å². The molecular weight excluding hydrogens is 372 g/mol. The molecule has 2 heterocycles. The Kier molecular flexibility index (Phi) is 6.41. The second-order valence-electron chi connectivity index (χ2n) is 6.39. The van der Waals surface area contributed by atoms with E-state index in [9.17, 15) is 14.7 Å². The van der Waals surface area contributed by atoms with Gasteiger partial charge in [0.05, 0.1) is 18.2 Å². The maximum absolute atomic E-state index is 12.8. The first-order valence-corrected chi connectivity index (χ1v) is 9.10. The molecule has 1 atom stereocenters. The molecule has 1 aromatic carbocycles. The third kappa shape index (κ3) is 4.20. The van der Waals surface area contributed by atoms with Gasteiger partial charge in [-0.3, -0.25) is 14.6 Å². The fourth-order valence-electron chi connectivity index (χ4n) is 3.21. The number of pyridine rings is 1. The lowest BCUT2D eigenvalue weighted by Gasteiger charge is -2.24. The monoisotopic (exact) mass is 394 g/mol. The van der Waals surface area contributed by atoms with E-state index in [1.807, 2.05) is 0 Å². The van der Waals surface area contributed by atoms with Crippen LogP contribution < -0.4 is 4.74 Å². The second-order valence-corrected chi connectivity index (χ2v) is 6.39. The first-order valence-electron chi connectivity index (χ1n) is 9.10. The molecule has 1 aliphatic heterocycles. The van der Waals surface area contributed by atoms with E-state index >= 15 is 0 Å². The lowest BCUT2D eigenvalue weighted by Crippen LogP contribution is -2.32. The number of carbonyl (C=O) groups excluding carboxylic acids is 2. The summed E-state index contributed by atoms with van der Waals surface area (Å²) in [6.45, 7) is 4.44. The van der Waals surface area contributed by atoms with Gasteiger partial charge in [-0.1, -0.05) is 12.7 Å². The van der Waals surface area contributed by atoms with E-state index in [0.29, 0.717) is 23.5 Å². The number of Topliss-reactive ketones (excluding diaryl/α,β-unsaturated/α-hetero) is 1.